The molecule has 0 saturated carbocycles. The van der Waals surface area contributed by atoms with Gasteiger partial charge in [-0.05, 0) is 42.7 Å². The maximum Gasteiger partial charge on any atom is 0.0452 e. The van der Waals surface area contributed by atoms with Crippen molar-refractivity contribution >= 4 is 28.9 Å². The van der Waals surface area contributed by atoms with E-state index in [2.05, 4.69) is 17.4 Å². The summed E-state index contributed by atoms with van der Waals surface area (Å²) in [7, 11) is 0. The molecular formula is C15H15Cl2N. The second-order valence-electron chi connectivity index (χ2n) is 4.13. The van der Waals surface area contributed by atoms with Crippen LogP contribution in [-0.2, 0) is 6.42 Å². The van der Waals surface area contributed by atoms with Crippen LogP contribution in [0.2, 0.25) is 10.0 Å². The number of para-hydroxylation sites is 1. The normalized spacial score (nSPS) is 10.3. The largest absolute Gasteiger partial charge is 0.385 e. The van der Waals surface area contributed by atoms with E-state index in [1.807, 2.05) is 30.3 Å². The summed E-state index contributed by atoms with van der Waals surface area (Å²) in [6.45, 7) is 0.934. The fourth-order valence-electron chi connectivity index (χ4n) is 1.79. The van der Waals surface area contributed by atoms with Crippen LogP contribution in [-0.4, -0.2) is 6.54 Å². The van der Waals surface area contributed by atoms with Gasteiger partial charge in [0.1, 0.15) is 0 Å². The van der Waals surface area contributed by atoms with Gasteiger partial charge in [0, 0.05) is 22.3 Å². The lowest BCUT2D eigenvalue weighted by atomic mass is 10.1. The van der Waals surface area contributed by atoms with Crippen LogP contribution < -0.4 is 5.32 Å². The molecule has 2 aromatic carbocycles. The van der Waals surface area contributed by atoms with Gasteiger partial charge in [-0.2, -0.15) is 0 Å². The van der Waals surface area contributed by atoms with Gasteiger partial charge in [-0.1, -0.05) is 47.5 Å². The van der Waals surface area contributed by atoms with Gasteiger partial charge < -0.3 is 5.32 Å². The van der Waals surface area contributed by atoms with Crippen LogP contribution in [0.4, 0.5) is 5.69 Å². The summed E-state index contributed by atoms with van der Waals surface area (Å²) in [6.07, 6.45) is 1.99. The average molecular weight is 280 g/mol. The molecule has 2 aromatic rings. The van der Waals surface area contributed by atoms with Crippen LogP contribution in [0.5, 0.6) is 0 Å². The molecule has 0 aliphatic carbocycles. The lowest BCUT2D eigenvalue weighted by Gasteiger charge is -2.07. The van der Waals surface area contributed by atoms with E-state index >= 15 is 0 Å². The summed E-state index contributed by atoms with van der Waals surface area (Å²) in [4.78, 5) is 0. The lowest BCUT2D eigenvalue weighted by Crippen LogP contribution is -2.02. The van der Waals surface area contributed by atoms with Crippen LogP contribution >= 0.6 is 23.2 Å². The zero-order valence-corrected chi connectivity index (χ0v) is 11.5. The highest BCUT2D eigenvalue weighted by molar-refractivity contribution is 6.35. The van der Waals surface area contributed by atoms with Crippen molar-refractivity contribution in [1.82, 2.24) is 0 Å². The molecule has 0 unspecified atom stereocenters. The Morgan fingerprint density at radius 3 is 2.44 bits per heavy atom. The number of aryl methyl sites for hydroxylation is 1. The van der Waals surface area contributed by atoms with E-state index in [1.165, 1.54) is 0 Å². The first-order valence-corrected chi connectivity index (χ1v) is 6.74. The number of anilines is 1. The van der Waals surface area contributed by atoms with Gasteiger partial charge >= 0.3 is 0 Å². The standard InChI is InChI=1S/C15H15Cl2N/c16-13-9-8-12(15(17)11-13)5-4-10-18-14-6-2-1-3-7-14/h1-3,6-9,11,18H,4-5,10H2. The van der Waals surface area contributed by atoms with E-state index < -0.39 is 0 Å². The second-order valence-corrected chi connectivity index (χ2v) is 4.98. The smallest absolute Gasteiger partial charge is 0.0452 e. The highest BCUT2D eigenvalue weighted by atomic mass is 35.5. The topological polar surface area (TPSA) is 12.0 Å². The Hall–Kier alpha value is -1.18. The summed E-state index contributed by atoms with van der Waals surface area (Å²) >= 11 is 12.0. The quantitative estimate of drug-likeness (QED) is 0.757. The molecule has 0 aliphatic rings. The maximum atomic E-state index is 6.12. The molecule has 0 atom stereocenters. The monoisotopic (exact) mass is 279 g/mol. The second kappa shape index (κ2) is 6.67. The summed E-state index contributed by atoms with van der Waals surface area (Å²) in [6, 6.07) is 15.9. The van der Waals surface area contributed by atoms with E-state index in [0.717, 1.165) is 35.7 Å². The zero-order valence-electron chi connectivity index (χ0n) is 10.00. The minimum atomic E-state index is 0.686. The van der Waals surface area contributed by atoms with Crippen molar-refractivity contribution in [3.05, 3.63) is 64.1 Å². The molecular weight excluding hydrogens is 265 g/mol. The van der Waals surface area contributed by atoms with E-state index in [0.29, 0.717) is 5.02 Å². The molecule has 0 fully saturated rings. The van der Waals surface area contributed by atoms with Gasteiger partial charge in [0.2, 0.25) is 0 Å². The third-order valence-electron chi connectivity index (χ3n) is 2.74. The Morgan fingerprint density at radius 2 is 1.72 bits per heavy atom. The molecule has 0 amide bonds. The third-order valence-corrected chi connectivity index (χ3v) is 3.33. The summed E-state index contributed by atoms with van der Waals surface area (Å²) in [5.74, 6) is 0. The molecule has 3 heteroatoms. The van der Waals surface area contributed by atoms with Crippen LogP contribution in [0.15, 0.2) is 48.5 Å². The molecule has 18 heavy (non-hydrogen) atoms. The van der Waals surface area contributed by atoms with Gasteiger partial charge in [0.25, 0.3) is 0 Å². The van der Waals surface area contributed by atoms with Crippen LogP contribution in [0.25, 0.3) is 0 Å². The first-order chi connectivity index (χ1) is 8.75. The Morgan fingerprint density at radius 1 is 0.944 bits per heavy atom. The van der Waals surface area contributed by atoms with Crippen molar-refractivity contribution in [3.63, 3.8) is 0 Å². The highest BCUT2D eigenvalue weighted by Gasteiger charge is 2.00. The molecule has 0 saturated heterocycles. The molecule has 0 bridgehead atoms. The molecule has 0 heterocycles. The zero-order chi connectivity index (χ0) is 12.8. The van der Waals surface area contributed by atoms with Crippen molar-refractivity contribution in [2.45, 2.75) is 12.8 Å². The van der Waals surface area contributed by atoms with Gasteiger partial charge in [0.05, 0.1) is 0 Å². The predicted molar refractivity (Wildman–Crippen MR) is 79.7 cm³/mol. The molecule has 0 spiro atoms. The van der Waals surface area contributed by atoms with Crippen LogP contribution in [0.3, 0.4) is 0 Å². The number of hydrogen-bond donors (Lipinski definition) is 1. The van der Waals surface area contributed by atoms with E-state index in [1.54, 1.807) is 6.07 Å². The summed E-state index contributed by atoms with van der Waals surface area (Å²) < 4.78 is 0. The third kappa shape index (κ3) is 3.94. The summed E-state index contributed by atoms with van der Waals surface area (Å²) in [5, 5.41) is 4.81. The average Bonchev–Trinajstić information content (AvgIpc) is 2.38. The van der Waals surface area contributed by atoms with Crippen molar-refractivity contribution in [2.75, 3.05) is 11.9 Å². The highest BCUT2D eigenvalue weighted by Crippen LogP contribution is 2.22. The molecule has 2 rings (SSSR count). The van der Waals surface area contributed by atoms with Gasteiger partial charge in [-0.3, -0.25) is 0 Å². The number of halogens is 2. The molecule has 1 nitrogen and oxygen atoms in total. The lowest BCUT2D eigenvalue weighted by molar-refractivity contribution is 0.863. The Kier molecular flexibility index (Phi) is 4.91. The van der Waals surface area contributed by atoms with Crippen molar-refractivity contribution in [1.29, 1.82) is 0 Å². The fraction of sp³-hybridized carbons (Fsp3) is 0.200. The van der Waals surface area contributed by atoms with E-state index in [4.69, 9.17) is 23.2 Å². The fourth-order valence-corrected chi connectivity index (χ4v) is 2.29. The molecule has 94 valence electrons. The minimum Gasteiger partial charge on any atom is -0.385 e. The minimum absolute atomic E-state index is 0.686. The Labute approximate surface area is 118 Å². The number of hydrogen-bond acceptors (Lipinski definition) is 1. The van der Waals surface area contributed by atoms with Crippen molar-refractivity contribution < 1.29 is 0 Å². The number of nitrogens with one attached hydrogen (secondary N) is 1. The van der Waals surface area contributed by atoms with Crippen molar-refractivity contribution in [2.24, 2.45) is 0 Å². The maximum absolute atomic E-state index is 6.12. The van der Waals surface area contributed by atoms with Gasteiger partial charge in [-0.15, -0.1) is 0 Å². The first kappa shape index (κ1) is 13.3. The van der Waals surface area contributed by atoms with E-state index in [-0.39, 0.29) is 0 Å². The van der Waals surface area contributed by atoms with Gasteiger partial charge in [0.15, 0.2) is 0 Å². The van der Waals surface area contributed by atoms with Crippen LogP contribution in [0.1, 0.15) is 12.0 Å². The molecule has 0 radical (unpaired) electrons. The van der Waals surface area contributed by atoms with E-state index in [9.17, 15) is 0 Å². The summed E-state index contributed by atoms with van der Waals surface area (Å²) in [5.41, 5.74) is 2.30. The molecule has 0 aliphatic heterocycles. The SMILES string of the molecule is Clc1ccc(CCCNc2ccccc2)c(Cl)c1. The Bertz CT molecular complexity index is 497. The Balaban J connectivity index is 1.79. The first-order valence-electron chi connectivity index (χ1n) is 5.98. The predicted octanol–water partition coefficient (Wildman–Crippen LogP) is 5.04. The molecule has 0 aromatic heterocycles. The molecule has 1 N–H and O–H groups in total. The van der Waals surface area contributed by atoms with Crippen molar-refractivity contribution in [3.8, 4) is 0 Å². The number of rotatable bonds is 5. The van der Waals surface area contributed by atoms with Crippen LogP contribution in [0, 0.1) is 0 Å². The number of benzene rings is 2. The van der Waals surface area contributed by atoms with Gasteiger partial charge in [-0.25, -0.2) is 0 Å².